The molecule has 9 unspecified atom stereocenters. The zero-order valence-electron chi connectivity index (χ0n) is 67.7. The van der Waals surface area contributed by atoms with Crippen molar-refractivity contribution in [1.82, 2.24) is 57.7 Å². The van der Waals surface area contributed by atoms with E-state index in [0.717, 1.165) is 37.0 Å². The number of phosphoric acid groups is 2. The Kier molecular flexibility index (Phi) is 33.8. The summed E-state index contributed by atoms with van der Waals surface area (Å²) in [7, 11) is -4.53. The smallest absolute Gasteiger partial charge is 0.387 e. The van der Waals surface area contributed by atoms with Crippen LogP contribution in [-0.4, -0.2) is 302 Å². The van der Waals surface area contributed by atoms with Gasteiger partial charge in [0.15, 0.2) is 42.6 Å². The molecule has 57 heteroatoms. The minimum Gasteiger partial charge on any atom is -0.387 e. The number of nitrogens with zero attached hydrogens (tertiary/aromatic N) is 9. The van der Waals surface area contributed by atoms with Crippen LogP contribution in [0.4, 0.5) is 11.6 Å². The number of rotatable bonds is 46. The molecule has 0 spiro atoms. The molecule has 11 rings (SSSR count). The topological polar surface area (TPSA) is 643 Å². The van der Waals surface area contributed by atoms with E-state index in [0.29, 0.717) is 5.56 Å². The van der Waals surface area contributed by atoms with Crippen LogP contribution in [0, 0.1) is 27.7 Å². The molecule has 123 heavy (non-hydrogen) atoms. The number of H-pyrrole nitrogens is 3. The van der Waals surface area contributed by atoms with Gasteiger partial charge in [-0.25, -0.2) is 43.3 Å². The van der Waals surface area contributed by atoms with E-state index < -0.39 is 218 Å². The Labute approximate surface area is 707 Å². The van der Waals surface area contributed by atoms with Gasteiger partial charge in [0, 0.05) is 82.6 Å². The summed E-state index contributed by atoms with van der Waals surface area (Å²) in [5.41, 5.74) is 6.39. The molecule has 5 aliphatic rings. The van der Waals surface area contributed by atoms with E-state index >= 15 is 4.57 Å². The summed E-state index contributed by atoms with van der Waals surface area (Å²) in [5.74, 6) is -0.172. The van der Waals surface area contributed by atoms with Crippen LogP contribution in [0.15, 0.2) is 71.0 Å². The molecule has 51 nitrogen and oxygen atoms in total. The van der Waals surface area contributed by atoms with Crippen molar-refractivity contribution < 1.29 is 141 Å². The van der Waals surface area contributed by atoms with Crippen LogP contribution in [-0.2, 0) is 140 Å². The SMILES string of the molecule is CC[C@H]1O[C@@H](n2cc(C)c(=O)[nH]c2=O)C(OCCOC)[C@H]1OP(=O)(O)OC[C@H]1O[C@@H](n2cc(C)c(=O)[nH]c2=O)C(OCCOC)[C@H]1OP(=O)(O)OC[C@H]1O[C@@H](n2cnc3c(N)ncnc32)C(OCCOC)[C@H]1OP(O)(=S)OC[C@H]1O[C@@H](n2cc(C)c(=O)[nH]c2=O)C(OCCOC)[C@H]1OP(O)(=S)OC[C@H]1O[C@@H](n2cc(C)c(N)nc2=O)C(OCCOC)[C@H]1O. The van der Waals surface area contributed by atoms with Crippen molar-refractivity contribution >= 4 is 75.5 Å². The van der Waals surface area contributed by atoms with Crippen molar-refractivity contribution in [2.75, 3.05) is 140 Å². The molecule has 686 valence electrons. The maximum absolute atomic E-state index is 15.1. The van der Waals surface area contributed by atoms with E-state index in [1.54, 1.807) is 13.8 Å². The second-order valence-corrected chi connectivity index (χ2v) is 36.6. The summed E-state index contributed by atoms with van der Waals surface area (Å²) in [6.45, 7) is -8.04. The summed E-state index contributed by atoms with van der Waals surface area (Å²) in [4.78, 5) is 164. The van der Waals surface area contributed by atoms with E-state index in [1.807, 2.05) is 0 Å². The zero-order valence-corrected chi connectivity index (χ0v) is 72.9. The van der Waals surface area contributed by atoms with Gasteiger partial charge in [-0.3, -0.25) is 79.3 Å². The Morgan fingerprint density at radius 3 is 1.15 bits per heavy atom. The molecule has 5 fully saturated rings. The number of aromatic nitrogens is 12. The summed E-state index contributed by atoms with van der Waals surface area (Å²) in [6, 6.07) is 0. The predicted octanol–water partition coefficient (Wildman–Crippen LogP) is -2.21. The fourth-order valence-electron chi connectivity index (χ4n) is 13.8. The van der Waals surface area contributed by atoms with Crippen molar-refractivity contribution in [1.29, 1.82) is 0 Å². The minimum absolute atomic E-state index is 0.00432. The maximum atomic E-state index is 15.1. The summed E-state index contributed by atoms with van der Waals surface area (Å²) in [5, 5.41) is 11.7. The Bertz CT molecular complexity index is 5260. The monoisotopic (exact) mass is 1870 g/mol. The number of fused-ring (bicyclic) bond motifs is 1. The molecule has 6 aromatic rings. The first-order valence-electron chi connectivity index (χ1n) is 37.8. The Morgan fingerprint density at radius 1 is 0.423 bits per heavy atom. The van der Waals surface area contributed by atoms with E-state index in [9.17, 15) is 62.8 Å². The highest BCUT2D eigenvalue weighted by atomic mass is 32.5. The van der Waals surface area contributed by atoms with Gasteiger partial charge in [-0.2, -0.15) is 4.98 Å². The second kappa shape index (κ2) is 42.8. The molecule has 5 aliphatic heterocycles. The van der Waals surface area contributed by atoms with Crippen LogP contribution in [0.1, 0.15) is 66.7 Å². The van der Waals surface area contributed by atoms with Crippen LogP contribution in [0.3, 0.4) is 0 Å². The number of hydrogen-bond acceptors (Lipinski definition) is 41. The number of aliphatic hydroxyl groups excluding tert-OH is 1. The molecule has 24 atom stereocenters. The van der Waals surface area contributed by atoms with E-state index in [1.165, 1.54) is 79.6 Å². The third kappa shape index (κ3) is 23.6. The molecular formula is C66H98N14O37P4S2. The van der Waals surface area contributed by atoms with Crippen LogP contribution in [0.2, 0.25) is 0 Å². The highest BCUT2D eigenvalue weighted by Gasteiger charge is 2.58. The number of aromatic amines is 3. The number of phosphoric ester groups is 2. The fourth-order valence-corrected chi connectivity index (χ4v) is 18.6. The number of hydrogen-bond donors (Lipinski definition) is 10. The lowest BCUT2D eigenvalue weighted by Crippen LogP contribution is -2.42. The molecular weight excluding hydrogens is 1770 g/mol. The second-order valence-electron chi connectivity index (χ2n) is 28.2. The van der Waals surface area contributed by atoms with Crippen molar-refractivity contribution in [3.05, 3.63) is 133 Å². The van der Waals surface area contributed by atoms with E-state index in [4.69, 9.17) is 142 Å². The first-order chi connectivity index (χ1) is 58.5. The van der Waals surface area contributed by atoms with Crippen LogP contribution >= 0.6 is 29.1 Å². The Balaban J connectivity index is 0.898. The molecule has 0 aliphatic carbocycles. The highest BCUT2D eigenvalue weighted by Crippen LogP contribution is 2.56. The third-order valence-corrected chi connectivity index (χ3v) is 24.9. The molecule has 0 bridgehead atoms. The predicted molar refractivity (Wildman–Crippen MR) is 425 cm³/mol. The number of nitrogens with one attached hydrogen (secondary N) is 3. The molecule has 11 heterocycles. The third-order valence-electron chi connectivity index (χ3n) is 19.8. The molecule has 0 saturated carbocycles. The van der Waals surface area contributed by atoms with Gasteiger partial charge in [-0.05, 0) is 57.7 Å². The number of aryl methyl sites for hydroxylation is 4. The lowest BCUT2D eigenvalue weighted by Gasteiger charge is -2.30. The average Bonchev–Trinajstić information content (AvgIpc) is 1.61. The first-order valence-corrected chi connectivity index (χ1v) is 46.0. The normalized spacial score (nSPS) is 29.2. The summed E-state index contributed by atoms with van der Waals surface area (Å²) in [6.07, 6.45) is -24.9. The van der Waals surface area contributed by atoms with Crippen LogP contribution in [0.5, 0.6) is 0 Å². The number of anilines is 2. The van der Waals surface area contributed by atoms with Gasteiger partial charge >= 0.3 is 51.8 Å². The number of nitrogens with two attached hydrogens (primary N) is 2. The quantitative estimate of drug-likeness (QED) is 0.0143. The molecule has 0 aromatic carbocycles. The molecule has 12 N–H and O–H groups in total. The molecule has 6 aromatic heterocycles. The van der Waals surface area contributed by atoms with Gasteiger partial charge < -0.3 is 116 Å². The highest BCUT2D eigenvalue weighted by molar-refractivity contribution is 8.07. The van der Waals surface area contributed by atoms with Crippen LogP contribution < -0.4 is 50.9 Å². The number of ether oxygens (including phenoxy) is 15. The Morgan fingerprint density at radius 2 is 0.756 bits per heavy atom. The fraction of sp³-hybridized carbons (Fsp3) is 0.682. The van der Waals surface area contributed by atoms with Crippen molar-refractivity contribution in [3.63, 3.8) is 0 Å². The van der Waals surface area contributed by atoms with Crippen molar-refractivity contribution in [2.24, 2.45) is 0 Å². The summed E-state index contributed by atoms with van der Waals surface area (Å²) < 4.78 is 172. The number of imidazole rings is 1. The molecule has 0 radical (unpaired) electrons. The summed E-state index contributed by atoms with van der Waals surface area (Å²) >= 11 is 11.4. The number of methoxy groups -OCH3 is 5. The standard InChI is InChI=1S/C66H98N14O37P4S2/c1-11-36-43(48(101-18-13-96-7)59(109-36)77-23-33(3)55(82)73-64(77)86)114-118(89,90)105-27-38-44(49(102-19-14-97-8)60(111-38)78-24-34(4)56(83)74-65(78)87)115-119(91,92)106-28-39-45(51(104-21-16-99-10)62(113-39)80-31-71-41-53(68)69-30-70-54(41)80)116-121(94,123)108-29-40-46(50(103-20-15-98-9)61(112-40)79-25-35(5)57(84)75-66(79)88)117-120(93,122)107-26-37-42(81)47(100-17-12-95-6)58(110-37)76-22-32(2)52(67)72-63(76)85/h22-25,30-31,36-40,42-51,58-62,81H,11-21,26-29H2,1-10H3,(H,89,90)(H,91,92)(H,93,122)(H,94,123)(H2,67,72,85)(H2,68,69,70)(H,73,82,86)(H,74,83,87)(H,75,84,88)/t36-,37-,38-,39-,40-,42+,43+,44+,45+,46+,47?,48?,49?,50?,51?,58-,59-,60-,61-,62-,120?,121?/m1/s1. The van der Waals surface area contributed by atoms with E-state index in [2.05, 4.69) is 34.9 Å². The van der Waals surface area contributed by atoms with Gasteiger partial charge in [0.2, 0.25) is 0 Å². The Hall–Kier alpha value is -6.29. The number of nitrogen functional groups attached to an aromatic ring is 2. The van der Waals surface area contributed by atoms with Gasteiger partial charge in [0.05, 0.1) is 105 Å². The zero-order chi connectivity index (χ0) is 89.2. The van der Waals surface area contributed by atoms with Crippen molar-refractivity contribution in [3.8, 4) is 0 Å². The largest absolute Gasteiger partial charge is 0.472 e. The first kappa shape index (κ1) is 97.3. The van der Waals surface area contributed by atoms with E-state index in [-0.39, 0.29) is 112 Å². The van der Waals surface area contributed by atoms with Crippen LogP contribution in [0.25, 0.3) is 11.2 Å². The minimum atomic E-state index is -5.82. The van der Waals surface area contributed by atoms with Gasteiger partial charge in [0.1, 0.15) is 103 Å². The molecule has 0 amide bonds. The van der Waals surface area contributed by atoms with Crippen molar-refractivity contribution in [2.45, 2.75) is 164 Å². The van der Waals surface area contributed by atoms with Gasteiger partial charge in [-0.15, -0.1) is 0 Å². The molecule has 5 saturated heterocycles. The number of aliphatic hydroxyl groups is 1. The lowest BCUT2D eigenvalue weighted by atomic mass is 10.1. The van der Waals surface area contributed by atoms with Gasteiger partial charge in [-0.1, -0.05) is 6.92 Å². The lowest BCUT2D eigenvalue weighted by molar-refractivity contribution is -0.0848. The maximum Gasteiger partial charge on any atom is 0.472 e. The van der Waals surface area contributed by atoms with Gasteiger partial charge in [0.25, 0.3) is 16.7 Å². The average molecular weight is 1870 g/mol.